The molecule has 94 valence electrons. The Bertz CT molecular complexity index is 370. The van der Waals surface area contributed by atoms with Crippen LogP contribution in [0.1, 0.15) is 27.7 Å². The third-order valence-electron chi connectivity index (χ3n) is 1.67. The van der Waals surface area contributed by atoms with Crippen LogP contribution in [0.3, 0.4) is 0 Å². The Labute approximate surface area is 101 Å². The Morgan fingerprint density at radius 2 is 1.88 bits per heavy atom. The summed E-state index contributed by atoms with van der Waals surface area (Å²) in [6.45, 7) is 8.14. The highest BCUT2D eigenvalue weighted by Crippen LogP contribution is 2.12. The first-order chi connectivity index (χ1) is 7.90. The van der Waals surface area contributed by atoms with Gasteiger partial charge in [-0.05, 0) is 39.8 Å². The van der Waals surface area contributed by atoms with Crippen molar-refractivity contribution in [3.05, 3.63) is 12.1 Å². The van der Waals surface area contributed by atoms with Crippen molar-refractivity contribution in [2.75, 3.05) is 17.2 Å². The fourth-order valence-corrected chi connectivity index (χ4v) is 1.12. The second-order valence-corrected chi connectivity index (χ2v) is 4.52. The van der Waals surface area contributed by atoms with Crippen molar-refractivity contribution >= 4 is 17.7 Å². The summed E-state index contributed by atoms with van der Waals surface area (Å²) < 4.78 is 4.72. The molecule has 0 saturated carbocycles. The van der Waals surface area contributed by atoms with Gasteiger partial charge in [0.2, 0.25) is 0 Å². The smallest absolute Gasteiger partial charge is 0.412 e. The van der Waals surface area contributed by atoms with Crippen LogP contribution < -0.4 is 10.6 Å². The number of hydrogen-bond acceptors (Lipinski definition) is 5. The molecule has 0 radical (unpaired) electrons. The normalized spacial score (nSPS) is 10.8. The van der Waals surface area contributed by atoms with Crippen molar-refractivity contribution in [3.63, 3.8) is 0 Å². The Morgan fingerprint density at radius 1 is 1.29 bits per heavy atom. The molecule has 1 amide bonds. The maximum Gasteiger partial charge on any atom is 0.412 e. The third-order valence-corrected chi connectivity index (χ3v) is 1.67. The first-order valence-electron chi connectivity index (χ1n) is 5.46. The van der Waals surface area contributed by atoms with Crippen LogP contribution in [0, 0.1) is 0 Å². The largest absolute Gasteiger partial charge is 0.450 e. The number of anilines is 2. The molecular formula is C11H18N4O2. The number of aromatic nitrogens is 2. The minimum Gasteiger partial charge on any atom is -0.450 e. The number of amides is 1. The average molecular weight is 238 g/mol. The molecule has 0 unspecified atom stereocenters. The molecule has 6 heteroatoms. The van der Waals surface area contributed by atoms with Crippen molar-refractivity contribution in [1.29, 1.82) is 0 Å². The zero-order chi connectivity index (χ0) is 12.9. The lowest BCUT2D eigenvalue weighted by Gasteiger charge is -2.20. The van der Waals surface area contributed by atoms with Gasteiger partial charge in [-0.1, -0.05) is 0 Å². The van der Waals surface area contributed by atoms with Crippen molar-refractivity contribution in [3.8, 4) is 0 Å². The summed E-state index contributed by atoms with van der Waals surface area (Å²) in [5.41, 5.74) is -0.0786. The molecule has 0 aromatic carbocycles. The molecule has 0 atom stereocenters. The van der Waals surface area contributed by atoms with Crippen molar-refractivity contribution in [2.24, 2.45) is 0 Å². The molecule has 0 bridgehead atoms. The van der Waals surface area contributed by atoms with E-state index >= 15 is 0 Å². The van der Waals surface area contributed by atoms with E-state index < -0.39 is 6.09 Å². The first kappa shape index (κ1) is 13.2. The van der Waals surface area contributed by atoms with Gasteiger partial charge in [-0.15, -0.1) is 10.2 Å². The molecule has 0 aliphatic carbocycles. The lowest BCUT2D eigenvalue weighted by molar-refractivity contribution is 0.168. The Hall–Kier alpha value is -1.85. The van der Waals surface area contributed by atoms with Crippen LogP contribution in [0.5, 0.6) is 0 Å². The number of hydrogen-bond donors (Lipinski definition) is 2. The fourth-order valence-electron chi connectivity index (χ4n) is 1.12. The number of carbonyl (C=O) groups excluding carboxylic acids is 1. The molecule has 0 aliphatic heterocycles. The van der Waals surface area contributed by atoms with Gasteiger partial charge < -0.3 is 10.1 Å². The van der Waals surface area contributed by atoms with Gasteiger partial charge in [0.1, 0.15) is 5.82 Å². The lowest BCUT2D eigenvalue weighted by Crippen LogP contribution is -2.26. The molecule has 1 aromatic heterocycles. The van der Waals surface area contributed by atoms with Crippen LogP contribution in [0.25, 0.3) is 0 Å². The third kappa shape index (κ3) is 5.14. The highest BCUT2D eigenvalue weighted by Gasteiger charge is 2.10. The molecular weight excluding hydrogens is 220 g/mol. The van der Waals surface area contributed by atoms with E-state index in [2.05, 4.69) is 20.8 Å². The minimum absolute atomic E-state index is 0.0786. The van der Waals surface area contributed by atoms with E-state index in [1.54, 1.807) is 19.1 Å². The second kappa shape index (κ2) is 5.47. The number of nitrogens with one attached hydrogen (secondary N) is 2. The van der Waals surface area contributed by atoms with E-state index in [1.165, 1.54) is 0 Å². The lowest BCUT2D eigenvalue weighted by atomic mass is 10.1. The van der Waals surface area contributed by atoms with E-state index in [-0.39, 0.29) is 5.54 Å². The summed E-state index contributed by atoms with van der Waals surface area (Å²) in [6, 6.07) is 3.41. The Kier molecular flexibility index (Phi) is 4.25. The predicted octanol–water partition coefficient (Wildman–Crippen LogP) is 2.26. The molecule has 1 rings (SSSR count). The second-order valence-electron chi connectivity index (χ2n) is 4.52. The van der Waals surface area contributed by atoms with Crippen molar-refractivity contribution in [2.45, 2.75) is 33.2 Å². The predicted molar refractivity (Wildman–Crippen MR) is 66.1 cm³/mol. The average Bonchev–Trinajstić information content (AvgIpc) is 2.19. The quantitative estimate of drug-likeness (QED) is 0.844. The van der Waals surface area contributed by atoms with Crippen LogP contribution >= 0.6 is 0 Å². The van der Waals surface area contributed by atoms with E-state index in [9.17, 15) is 4.79 Å². The van der Waals surface area contributed by atoms with E-state index in [0.29, 0.717) is 18.2 Å². The van der Waals surface area contributed by atoms with Crippen molar-refractivity contribution in [1.82, 2.24) is 10.2 Å². The highest BCUT2D eigenvalue weighted by molar-refractivity contribution is 5.83. The van der Waals surface area contributed by atoms with Gasteiger partial charge in [0, 0.05) is 5.54 Å². The molecule has 6 nitrogen and oxygen atoms in total. The molecule has 2 N–H and O–H groups in total. The summed E-state index contributed by atoms with van der Waals surface area (Å²) in [4.78, 5) is 11.1. The summed E-state index contributed by atoms with van der Waals surface area (Å²) in [6.07, 6.45) is -0.529. The topological polar surface area (TPSA) is 76.1 Å². The SMILES string of the molecule is CCOC(=O)Nc1ccc(NC(C)(C)C)nn1. The van der Waals surface area contributed by atoms with Crippen LogP contribution in [-0.4, -0.2) is 28.4 Å². The molecule has 17 heavy (non-hydrogen) atoms. The van der Waals surface area contributed by atoms with E-state index in [0.717, 1.165) is 0 Å². The highest BCUT2D eigenvalue weighted by atomic mass is 16.5. The van der Waals surface area contributed by atoms with Gasteiger partial charge >= 0.3 is 6.09 Å². The zero-order valence-corrected chi connectivity index (χ0v) is 10.6. The minimum atomic E-state index is -0.529. The number of nitrogens with zero attached hydrogens (tertiary/aromatic N) is 2. The summed E-state index contributed by atoms with van der Waals surface area (Å²) in [5.74, 6) is 1.02. The van der Waals surface area contributed by atoms with Crippen LogP contribution in [0.4, 0.5) is 16.4 Å². The maximum absolute atomic E-state index is 11.1. The molecule has 0 saturated heterocycles. The van der Waals surface area contributed by atoms with Crippen LogP contribution in [0.15, 0.2) is 12.1 Å². The standard InChI is InChI=1S/C11H18N4O2/c1-5-17-10(16)12-8-6-7-9(15-14-8)13-11(2,3)4/h6-7H,5H2,1-4H3,(H,13,15)(H,12,14,16). The molecule has 1 heterocycles. The number of rotatable bonds is 3. The Balaban J connectivity index is 2.59. The zero-order valence-electron chi connectivity index (χ0n) is 10.6. The maximum atomic E-state index is 11.1. The molecule has 1 aromatic rings. The number of ether oxygens (including phenoxy) is 1. The first-order valence-corrected chi connectivity index (χ1v) is 5.46. The number of carbonyl (C=O) groups is 1. The van der Waals surface area contributed by atoms with E-state index in [1.807, 2.05) is 20.8 Å². The Morgan fingerprint density at radius 3 is 2.35 bits per heavy atom. The fraction of sp³-hybridized carbons (Fsp3) is 0.545. The summed E-state index contributed by atoms with van der Waals surface area (Å²) in [7, 11) is 0. The molecule has 0 spiro atoms. The molecule has 0 fully saturated rings. The van der Waals surface area contributed by atoms with Gasteiger partial charge in [0.15, 0.2) is 5.82 Å². The molecule has 0 aliphatic rings. The van der Waals surface area contributed by atoms with Crippen LogP contribution in [0.2, 0.25) is 0 Å². The van der Waals surface area contributed by atoms with Gasteiger partial charge in [-0.3, -0.25) is 5.32 Å². The summed E-state index contributed by atoms with van der Waals surface area (Å²) in [5, 5.41) is 13.4. The van der Waals surface area contributed by atoms with Gasteiger partial charge in [0.05, 0.1) is 6.61 Å². The monoisotopic (exact) mass is 238 g/mol. The van der Waals surface area contributed by atoms with Gasteiger partial charge in [0.25, 0.3) is 0 Å². The van der Waals surface area contributed by atoms with Crippen molar-refractivity contribution < 1.29 is 9.53 Å². The van der Waals surface area contributed by atoms with Gasteiger partial charge in [-0.25, -0.2) is 4.79 Å². The summed E-state index contributed by atoms with van der Waals surface area (Å²) >= 11 is 0. The van der Waals surface area contributed by atoms with Gasteiger partial charge in [-0.2, -0.15) is 0 Å². The van der Waals surface area contributed by atoms with E-state index in [4.69, 9.17) is 4.74 Å². The van der Waals surface area contributed by atoms with Crippen LogP contribution in [-0.2, 0) is 4.74 Å².